The van der Waals surface area contributed by atoms with E-state index in [2.05, 4.69) is 123 Å². The average molecular weight is 1330 g/mol. The molecule has 0 unspecified atom stereocenters. The van der Waals surface area contributed by atoms with Crippen LogP contribution in [0, 0.1) is 57.2 Å². The van der Waals surface area contributed by atoms with Crippen LogP contribution in [-0.2, 0) is 25.5 Å². The van der Waals surface area contributed by atoms with Crippen LogP contribution in [0.1, 0.15) is 185 Å². The Morgan fingerprint density at radius 2 is 1.71 bits per heavy atom. The number of methoxy groups -OCH3 is 1. The summed E-state index contributed by atoms with van der Waals surface area (Å²) in [7, 11) is 1.52. The lowest BCUT2D eigenvalue weighted by molar-refractivity contribution is -0.148. The van der Waals surface area contributed by atoms with E-state index in [1.54, 1.807) is 25.1 Å². The highest BCUT2D eigenvalue weighted by Crippen LogP contribution is 2.76. The third kappa shape index (κ3) is 10.2. The number of hydrogen-bond donors (Lipinski definition) is 7. The Balaban J connectivity index is 0.928. The van der Waals surface area contributed by atoms with Crippen molar-refractivity contribution < 1.29 is 54.1 Å². The van der Waals surface area contributed by atoms with Gasteiger partial charge in [0.05, 0.1) is 30.9 Å². The third-order valence-electron chi connectivity index (χ3n) is 26.2. The van der Waals surface area contributed by atoms with E-state index < -0.39 is 46.9 Å². The molecule has 2 aromatic heterocycles. The Labute approximate surface area is 578 Å². The summed E-state index contributed by atoms with van der Waals surface area (Å²) in [6.07, 6.45) is 35.4. The monoisotopic (exact) mass is 1330 g/mol. The molecule has 6 aliphatic heterocycles. The van der Waals surface area contributed by atoms with E-state index in [4.69, 9.17) is 14.2 Å². The lowest BCUT2D eigenvalue weighted by atomic mass is 9.53. The molecule has 0 radical (unpaired) electrons. The zero-order valence-electron chi connectivity index (χ0n) is 56.6. The highest BCUT2D eigenvalue weighted by Gasteiger charge is 2.67. The van der Waals surface area contributed by atoms with E-state index in [0.29, 0.717) is 43.5 Å². The summed E-state index contributed by atoms with van der Waals surface area (Å²) >= 11 is 0. The van der Waals surface area contributed by atoms with Gasteiger partial charge >= 0.3 is 5.97 Å². The Bertz CT molecular complexity index is 4610. The number of rotatable bonds is 7. The van der Waals surface area contributed by atoms with Crippen molar-refractivity contribution in [3.8, 4) is 46.3 Å². The molecule has 20 rings (SSSR count). The normalized spacial score (nSPS) is 32.9. The van der Waals surface area contributed by atoms with Crippen molar-refractivity contribution in [3.63, 3.8) is 0 Å². The number of aromatic amines is 1. The maximum atomic E-state index is 16.2. The van der Waals surface area contributed by atoms with Crippen LogP contribution in [0.4, 0.5) is 5.69 Å². The third-order valence-corrected chi connectivity index (χ3v) is 26.2. The van der Waals surface area contributed by atoms with Gasteiger partial charge in [0.2, 0.25) is 5.75 Å². The van der Waals surface area contributed by atoms with Gasteiger partial charge in [0, 0.05) is 122 Å². The summed E-state index contributed by atoms with van der Waals surface area (Å²) in [6.45, 7) is 3.78. The van der Waals surface area contributed by atoms with Crippen LogP contribution in [0.5, 0.6) is 34.5 Å². The van der Waals surface area contributed by atoms with Gasteiger partial charge in [-0.05, 0) is 206 Å². The number of nitrogens with zero attached hydrogens (tertiary/aromatic N) is 2. The van der Waals surface area contributed by atoms with Crippen molar-refractivity contribution in [3.05, 3.63) is 196 Å². The second-order valence-electron chi connectivity index (χ2n) is 31.2. The van der Waals surface area contributed by atoms with Crippen LogP contribution in [0.2, 0.25) is 0 Å². The number of dihydropyridines is 1. The van der Waals surface area contributed by atoms with E-state index in [0.717, 1.165) is 119 Å². The molecular weight excluding hydrogens is 1240 g/mol. The molecule has 15 nitrogen and oxygen atoms in total. The number of phenols is 3. The summed E-state index contributed by atoms with van der Waals surface area (Å²) < 4.78 is 21.6. The molecule has 4 aromatic carbocycles. The second kappa shape index (κ2) is 24.1. The minimum absolute atomic E-state index is 0.00165. The minimum Gasteiger partial charge on any atom is -0.508 e. The predicted molar refractivity (Wildman–Crippen MR) is 378 cm³/mol. The zero-order valence-corrected chi connectivity index (χ0v) is 56.6. The van der Waals surface area contributed by atoms with Crippen molar-refractivity contribution in [2.24, 2.45) is 45.3 Å². The fourth-order valence-corrected chi connectivity index (χ4v) is 22.0. The topological polar surface area (TPSA) is 216 Å². The molecule has 6 aromatic rings. The van der Waals surface area contributed by atoms with Crippen molar-refractivity contribution in [1.29, 1.82) is 0 Å². The Kier molecular flexibility index (Phi) is 15.5. The quantitative estimate of drug-likeness (QED) is 0.0450. The van der Waals surface area contributed by atoms with Gasteiger partial charge < -0.3 is 59.5 Å². The van der Waals surface area contributed by atoms with Crippen LogP contribution in [0.25, 0.3) is 10.8 Å². The Morgan fingerprint density at radius 1 is 0.848 bits per heavy atom. The fraction of sp³-hybridized carbons (Fsp3) is 0.440. The standard InChI is InChI=1S/C84H88N4O11/c1-48(90)23-31-87-70-18-16-64-77-67(70)45-88-71(54-36-72(95)79(73(37-54)97-3)99-62-34-50(33-59(93)40-62)32-51-20-24-81(42-55(51)46-89)26-27-82-28-29-83(47-82,80(64)96)69(78(77)88)17-19-74(81)82)41-60(94)39-61(98-49(2)91)21-25-84-56-9-5-10-57(84)12-7-15-68(84)66-44-85-43-65(66)63(14-6-11-56)76(52-8-4-13-58(92)35-52)53-22-30-86-75(87)38-53/h4-5,7-10,13,15-19,22,33-38,40,43-45,51,55,57,61,63,68-69,71,74,76,80,85-86,89,92-93,95-96H,11-12,20-21,23-32,39,41-42,46-47H2,1-3H3/t51-,55+,57-,61-,63+,68-,69+,71-,74-,76+,80-,81+,82+,83+,84-/m1/s1. The van der Waals surface area contributed by atoms with Crippen LogP contribution in [-0.4, -0.2) is 85.5 Å². The van der Waals surface area contributed by atoms with Gasteiger partial charge in [-0.3, -0.25) is 14.4 Å². The van der Waals surface area contributed by atoms with E-state index >= 15 is 4.79 Å². The first-order valence-corrected chi connectivity index (χ1v) is 36.2. The van der Waals surface area contributed by atoms with Crippen molar-refractivity contribution in [2.45, 2.75) is 159 Å². The highest BCUT2D eigenvalue weighted by atomic mass is 16.5. The summed E-state index contributed by atoms with van der Waals surface area (Å²) in [5, 5.41) is 66.4. The molecule has 0 saturated heterocycles. The Hall–Kier alpha value is -8.97. The number of carbonyl (C=O) groups is 3. The number of hydrogen-bond acceptors (Lipinski definition) is 13. The lowest BCUT2D eigenvalue weighted by Crippen LogP contribution is -2.41. The molecule has 16 bridgehead atoms. The van der Waals surface area contributed by atoms with Gasteiger partial charge in [-0.15, -0.1) is 0 Å². The van der Waals surface area contributed by atoms with Crippen LogP contribution >= 0.6 is 0 Å². The first kappa shape index (κ1) is 63.5. The largest absolute Gasteiger partial charge is 0.508 e. The molecule has 14 aliphatic rings. The molecule has 15 heteroatoms. The SMILES string of the molecule is COc1cc2cc(O)c1Oc1cc(O)cc(c1)C[C@H]1CC[C@]3(CC[C@]45CC[C@@]6(C4)[C@H](O)c4ccc7c8cn(c(c48)[C@@H]6C=C[C@H]35)[C@@H]2CC(=O)C[C@H](OC(C)=O)CC[C@@]23C4=CC=C[C@@H]2CC=C[C@@H]3c2c[nH]cc2[C@H](C#CC4)[C@@H](c2cccc(O)c2)C2=CCNC(=C2)N7CCC(C)=O)C[C@H]1CO. The maximum Gasteiger partial charge on any atom is 0.302 e. The molecule has 99 heavy (non-hydrogen) atoms. The van der Waals surface area contributed by atoms with Crippen LogP contribution in [0.15, 0.2) is 157 Å². The van der Waals surface area contributed by atoms with E-state index in [1.807, 2.05) is 24.3 Å². The number of carbonyl (C=O) groups excluding carboxylic acids is 3. The predicted octanol–water partition coefficient (Wildman–Crippen LogP) is 15.0. The number of phenolic OH excluding ortho intramolecular Hbond substituents is 3. The number of H-pyrrole nitrogens is 1. The van der Waals surface area contributed by atoms with Gasteiger partial charge in [-0.25, -0.2) is 0 Å². The number of allylic oxidation sites excluding steroid dienone is 10. The number of aliphatic hydroxyl groups is 2. The first-order chi connectivity index (χ1) is 48.0. The molecule has 8 aliphatic carbocycles. The highest BCUT2D eigenvalue weighted by molar-refractivity contribution is 6.01. The second-order valence-corrected chi connectivity index (χ2v) is 31.2. The minimum atomic E-state index is -0.887. The molecule has 8 heterocycles. The summed E-state index contributed by atoms with van der Waals surface area (Å²) in [6, 6.07) is 19.6. The molecule has 15 atom stereocenters. The molecular formula is C84H88N4O11. The van der Waals surface area contributed by atoms with Crippen LogP contribution < -0.4 is 19.7 Å². The van der Waals surface area contributed by atoms with Gasteiger partial charge in [0.15, 0.2) is 11.5 Å². The van der Waals surface area contributed by atoms with Gasteiger partial charge in [0.1, 0.15) is 40.7 Å². The smallest absolute Gasteiger partial charge is 0.302 e. The van der Waals surface area contributed by atoms with Gasteiger partial charge in [-0.1, -0.05) is 84.2 Å². The molecule has 510 valence electrons. The summed E-state index contributed by atoms with van der Waals surface area (Å²) in [5.41, 5.74) is 7.71. The molecule has 7 N–H and O–H groups in total. The maximum absolute atomic E-state index is 16.2. The summed E-state index contributed by atoms with van der Waals surface area (Å²) in [5.74, 6) is 7.18. The number of anilines is 1. The number of benzene rings is 4. The van der Waals surface area contributed by atoms with Crippen LogP contribution in [0.3, 0.4) is 0 Å². The fourth-order valence-electron chi connectivity index (χ4n) is 22.0. The molecule has 3 saturated carbocycles. The van der Waals surface area contributed by atoms with E-state index in [1.165, 1.54) is 25.7 Å². The van der Waals surface area contributed by atoms with Crippen molar-refractivity contribution in [1.82, 2.24) is 14.9 Å². The number of esters is 1. The number of ketones is 2. The average Bonchev–Trinajstić information content (AvgIpc) is 1.52. The molecule has 0 amide bonds. The number of ether oxygens (including phenoxy) is 3. The zero-order chi connectivity index (χ0) is 67.9. The van der Waals surface area contributed by atoms with Crippen molar-refractivity contribution >= 4 is 34.0 Å². The molecule has 3 fully saturated rings. The van der Waals surface area contributed by atoms with E-state index in [9.17, 15) is 35.1 Å². The number of aromatic nitrogens is 2. The molecule has 4 spiro atoms. The number of Topliss-reactive ketones (excluding diaryl/α,β-unsaturated/α-hetero) is 2. The Morgan fingerprint density at radius 3 is 2.55 bits per heavy atom. The van der Waals surface area contributed by atoms with Crippen molar-refractivity contribution in [2.75, 3.05) is 31.7 Å². The first-order valence-electron chi connectivity index (χ1n) is 36.2. The number of fused-ring (bicyclic) bond motifs is 1. The number of aromatic hydroxyl groups is 3. The summed E-state index contributed by atoms with van der Waals surface area (Å²) in [4.78, 5) is 49.2. The number of nitrogens with one attached hydrogen (secondary N) is 2. The van der Waals surface area contributed by atoms with Gasteiger partial charge in [-0.2, -0.15) is 0 Å². The number of aliphatic hydroxyl groups excluding tert-OH is 2. The lowest BCUT2D eigenvalue weighted by Gasteiger charge is -2.50. The van der Waals surface area contributed by atoms with Gasteiger partial charge in [0.25, 0.3) is 0 Å². The van der Waals surface area contributed by atoms with E-state index in [-0.39, 0.29) is 119 Å².